The topological polar surface area (TPSA) is 134 Å². The number of Topliss-reactive ketones (excluding diaryl/α,β-unsaturated/α-hetero) is 1. The lowest BCUT2D eigenvalue weighted by Gasteiger charge is -2.29. The number of fused-ring (bicyclic) bond motifs is 1. The summed E-state index contributed by atoms with van der Waals surface area (Å²) in [5, 5.41) is 13.4. The summed E-state index contributed by atoms with van der Waals surface area (Å²) in [5.41, 5.74) is 3.26. The van der Waals surface area contributed by atoms with Crippen LogP contribution in [0.4, 0.5) is 6.01 Å². The molecule has 1 atom stereocenters. The number of nitrogens with one attached hydrogen (secondary N) is 3. The number of oxazole rings is 1. The fourth-order valence-electron chi connectivity index (χ4n) is 3.75. The number of aliphatic imine (C=N–C) groups is 1. The zero-order valence-corrected chi connectivity index (χ0v) is 17.1. The smallest absolute Gasteiger partial charge is 0.337 e. The lowest BCUT2D eigenvalue weighted by atomic mass is 9.88. The molecule has 0 amide bonds. The van der Waals surface area contributed by atoms with Crippen molar-refractivity contribution in [3.8, 4) is 0 Å². The van der Waals surface area contributed by atoms with E-state index in [0.29, 0.717) is 51.8 Å². The Hall–Kier alpha value is -3.66. The van der Waals surface area contributed by atoms with Gasteiger partial charge in [0.2, 0.25) is 5.96 Å². The highest BCUT2D eigenvalue weighted by Crippen LogP contribution is 2.38. The van der Waals surface area contributed by atoms with Crippen molar-refractivity contribution in [3.05, 3.63) is 51.9 Å². The van der Waals surface area contributed by atoms with E-state index in [2.05, 4.69) is 30.8 Å². The molecular formula is C20H17ClN6O4. The average Bonchev–Trinajstić information content (AvgIpc) is 3.37. The van der Waals surface area contributed by atoms with Crippen LogP contribution in [-0.2, 0) is 9.53 Å². The lowest BCUT2D eigenvalue weighted by Crippen LogP contribution is -2.38. The molecule has 0 saturated heterocycles. The molecule has 1 aliphatic carbocycles. The zero-order valence-electron chi connectivity index (χ0n) is 16.4. The number of aromatic nitrogens is 3. The second kappa shape index (κ2) is 7.55. The van der Waals surface area contributed by atoms with Gasteiger partial charge in [0.15, 0.2) is 11.4 Å². The largest absolute Gasteiger partial charge is 0.465 e. The van der Waals surface area contributed by atoms with Crippen LogP contribution in [0.15, 0.2) is 45.1 Å². The van der Waals surface area contributed by atoms with Gasteiger partial charge in [0.05, 0.1) is 29.6 Å². The summed E-state index contributed by atoms with van der Waals surface area (Å²) in [7, 11) is 1.31. The normalized spacial score (nSPS) is 18.5. The number of guanidine groups is 1. The number of carbonyl (C=O) groups is 2. The Labute approximate surface area is 180 Å². The van der Waals surface area contributed by atoms with Crippen LogP contribution in [0.3, 0.4) is 0 Å². The summed E-state index contributed by atoms with van der Waals surface area (Å²) >= 11 is 6.26. The molecule has 0 spiro atoms. The summed E-state index contributed by atoms with van der Waals surface area (Å²) in [6, 6.07) is 4.40. The monoisotopic (exact) mass is 440 g/mol. The summed E-state index contributed by atoms with van der Waals surface area (Å²) in [5.74, 6) is -0.0693. The van der Waals surface area contributed by atoms with E-state index in [4.69, 9.17) is 20.8 Å². The third-order valence-corrected chi connectivity index (χ3v) is 5.49. The van der Waals surface area contributed by atoms with Crippen LogP contribution in [-0.4, -0.2) is 40.0 Å². The zero-order chi connectivity index (χ0) is 21.5. The van der Waals surface area contributed by atoms with Crippen LogP contribution in [0.1, 0.15) is 41.4 Å². The van der Waals surface area contributed by atoms with Gasteiger partial charge in [-0.05, 0) is 31.0 Å². The number of rotatable bonds is 3. The maximum Gasteiger partial charge on any atom is 0.337 e. The lowest BCUT2D eigenvalue weighted by molar-refractivity contribution is -0.116. The predicted octanol–water partition coefficient (Wildman–Crippen LogP) is 3.11. The van der Waals surface area contributed by atoms with Crippen LogP contribution in [0.25, 0.3) is 11.1 Å². The quantitative estimate of drug-likeness (QED) is 0.529. The number of benzene rings is 1. The summed E-state index contributed by atoms with van der Waals surface area (Å²) in [4.78, 5) is 33.4. The molecule has 3 N–H and O–H groups in total. The Morgan fingerprint density at radius 2 is 2.23 bits per heavy atom. The molecule has 3 heterocycles. The van der Waals surface area contributed by atoms with Crippen LogP contribution in [0, 0.1) is 0 Å². The molecule has 2 aliphatic rings. The van der Waals surface area contributed by atoms with E-state index < -0.39 is 12.0 Å². The van der Waals surface area contributed by atoms with Gasteiger partial charge in [-0.1, -0.05) is 11.6 Å². The van der Waals surface area contributed by atoms with E-state index >= 15 is 0 Å². The predicted molar refractivity (Wildman–Crippen MR) is 112 cm³/mol. The number of hydrogen-bond donors (Lipinski definition) is 3. The van der Waals surface area contributed by atoms with Gasteiger partial charge in [-0.3, -0.25) is 15.2 Å². The number of hydrogen-bond acceptors (Lipinski definition) is 9. The fourth-order valence-corrected chi connectivity index (χ4v) is 3.94. The van der Waals surface area contributed by atoms with Gasteiger partial charge in [-0.25, -0.2) is 9.79 Å². The summed E-state index contributed by atoms with van der Waals surface area (Å²) < 4.78 is 10.5. The van der Waals surface area contributed by atoms with Gasteiger partial charge in [-0.15, -0.1) is 0 Å². The highest BCUT2D eigenvalue weighted by Gasteiger charge is 2.35. The number of anilines is 1. The molecule has 11 heteroatoms. The Bertz CT molecular complexity index is 1270. The number of carbonyl (C=O) groups excluding carboxylic acids is 2. The standard InChI is InChI=1S/C20H17ClN6O4/c1-30-18(29)9-5-6-11-14(7-9)31-20(24-11)26-19-23-12-3-2-4-13(28)15(12)17(25-19)16-10(21)8-22-27-16/h5-8,17H,2-4H2,1H3,(H,22,27)(H2,23,24,25,26). The SMILES string of the molecule is COC(=O)c1ccc2nc(NC3=NC(c4[nH]ncc4Cl)C4=C(CCCC4=O)N3)oc2c1. The highest BCUT2D eigenvalue weighted by molar-refractivity contribution is 6.31. The molecule has 1 aliphatic heterocycles. The van der Waals surface area contributed by atoms with Crippen molar-refractivity contribution in [3.63, 3.8) is 0 Å². The number of methoxy groups -OCH3 is 1. The second-order valence-electron chi connectivity index (χ2n) is 7.12. The van der Waals surface area contributed by atoms with Crippen molar-refractivity contribution in [2.24, 2.45) is 4.99 Å². The number of ether oxygens (including phenoxy) is 1. The van der Waals surface area contributed by atoms with E-state index in [1.54, 1.807) is 18.2 Å². The van der Waals surface area contributed by atoms with E-state index in [0.717, 1.165) is 12.1 Å². The van der Waals surface area contributed by atoms with E-state index in [-0.39, 0.29) is 11.8 Å². The Morgan fingerprint density at radius 3 is 3.00 bits per heavy atom. The molecule has 158 valence electrons. The van der Waals surface area contributed by atoms with Gasteiger partial charge in [0, 0.05) is 17.7 Å². The molecule has 5 rings (SSSR count). The Kier molecular flexibility index (Phi) is 4.70. The Morgan fingerprint density at radius 1 is 1.35 bits per heavy atom. The molecule has 31 heavy (non-hydrogen) atoms. The van der Waals surface area contributed by atoms with Crippen LogP contribution in [0.5, 0.6) is 0 Å². The molecule has 2 aromatic heterocycles. The maximum atomic E-state index is 12.6. The van der Waals surface area contributed by atoms with E-state index in [1.807, 2.05) is 0 Å². The molecule has 0 radical (unpaired) electrons. The molecule has 1 aromatic carbocycles. The number of nitrogens with zero attached hydrogens (tertiary/aromatic N) is 3. The number of H-pyrrole nitrogens is 1. The van der Waals surface area contributed by atoms with Crippen LogP contribution in [0.2, 0.25) is 5.02 Å². The molecule has 0 fully saturated rings. The van der Waals surface area contributed by atoms with Crippen molar-refractivity contribution in [1.82, 2.24) is 20.5 Å². The molecule has 3 aromatic rings. The van der Waals surface area contributed by atoms with Gasteiger partial charge in [0.1, 0.15) is 11.6 Å². The third-order valence-electron chi connectivity index (χ3n) is 5.19. The molecule has 10 nitrogen and oxygen atoms in total. The number of halogens is 1. The minimum absolute atomic E-state index is 0.0319. The number of allylic oxidation sites excluding steroid dienone is 1. The highest BCUT2D eigenvalue weighted by atomic mass is 35.5. The van der Waals surface area contributed by atoms with E-state index in [1.165, 1.54) is 13.3 Å². The third kappa shape index (κ3) is 3.44. The summed E-state index contributed by atoms with van der Waals surface area (Å²) in [6.07, 6.45) is 3.41. The maximum absolute atomic E-state index is 12.6. The second-order valence-corrected chi connectivity index (χ2v) is 7.53. The molecule has 0 saturated carbocycles. The Balaban J connectivity index is 1.48. The number of esters is 1. The first-order valence-electron chi connectivity index (χ1n) is 9.59. The van der Waals surface area contributed by atoms with Gasteiger partial charge < -0.3 is 14.5 Å². The van der Waals surface area contributed by atoms with Crippen molar-refractivity contribution < 1.29 is 18.7 Å². The van der Waals surface area contributed by atoms with Crippen LogP contribution < -0.4 is 10.6 Å². The first-order valence-corrected chi connectivity index (χ1v) is 9.97. The van der Waals surface area contributed by atoms with Gasteiger partial charge in [0.25, 0.3) is 0 Å². The molecule has 0 bridgehead atoms. The first kappa shape index (κ1) is 19.3. The first-order chi connectivity index (χ1) is 15.0. The van der Waals surface area contributed by atoms with E-state index in [9.17, 15) is 9.59 Å². The van der Waals surface area contributed by atoms with Crippen LogP contribution >= 0.6 is 11.6 Å². The van der Waals surface area contributed by atoms with Crippen molar-refractivity contribution in [1.29, 1.82) is 0 Å². The average molecular weight is 441 g/mol. The van der Waals surface area contributed by atoms with Crippen molar-refractivity contribution >= 4 is 46.4 Å². The molecular weight excluding hydrogens is 424 g/mol. The minimum Gasteiger partial charge on any atom is -0.465 e. The fraction of sp³-hybridized carbons (Fsp3) is 0.250. The van der Waals surface area contributed by atoms with Crippen molar-refractivity contribution in [2.75, 3.05) is 12.4 Å². The summed E-state index contributed by atoms with van der Waals surface area (Å²) in [6.45, 7) is 0. The van der Waals surface area contributed by atoms with Gasteiger partial charge >= 0.3 is 12.0 Å². The van der Waals surface area contributed by atoms with Gasteiger partial charge in [-0.2, -0.15) is 10.1 Å². The number of ketones is 1. The molecule has 1 unspecified atom stereocenters. The van der Waals surface area contributed by atoms with Crippen molar-refractivity contribution in [2.45, 2.75) is 25.3 Å². The number of aromatic amines is 1. The minimum atomic E-state index is -0.614.